The first-order chi connectivity index (χ1) is 8.65. The van der Waals surface area contributed by atoms with Crippen LogP contribution in [-0.2, 0) is 4.79 Å². The minimum Gasteiger partial charge on any atom is -0.345 e. The fourth-order valence-corrected chi connectivity index (χ4v) is 3.48. The Morgan fingerprint density at radius 3 is 2.28 bits per heavy atom. The van der Waals surface area contributed by atoms with E-state index in [-0.39, 0.29) is 0 Å². The van der Waals surface area contributed by atoms with Gasteiger partial charge in [-0.3, -0.25) is 4.79 Å². The molecule has 0 unspecified atom stereocenters. The van der Waals surface area contributed by atoms with E-state index in [1.54, 1.807) is 0 Å². The van der Waals surface area contributed by atoms with Gasteiger partial charge in [0.05, 0.1) is 0 Å². The van der Waals surface area contributed by atoms with Crippen LogP contribution in [0, 0.1) is 11.8 Å². The Balaban J connectivity index is 1.69. The lowest BCUT2D eigenvalue weighted by molar-refractivity contribution is -0.131. The Labute approximate surface area is 111 Å². The van der Waals surface area contributed by atoms with Crippen LogP contribution < -0.4 is 5.73 Å². The number of nitrogens with zero attached hydrogens (tertiary/aromatic N) is 1. The van der Waals surface area contributed by atoms with Gasteiger partial charge in [0.2, 0.25) is 5.91 Å². The van der Waals surface area contributed by atoms with Gasteiger partial charge in [0, 0.05) is 26.1 Å². The van der Waals surface area contributed by atoms with Crippen LogP contribution in [-0.4, -0.2) is 30.4 Å². The smallest absolute Gasteiger partial charge is 0.222 e. The number of nitrogens with two attached hydrogens (primary N) is 1. The number of carbonyl (C=O) groups excluding carboxylic acids is 1. The maximum atomic E-state index is 12.2. The maximum absolute atomic E-state index is 12.2. The molecular formula is C15H28N2O. The molecule has 2 aliphatic carbocycles. The van der Waals surface area contributed by atoms with Crippen LogP contribution in [0.5, 0.6) is 0 Å². The number of rotatable bonds is 4. The number of hydrogen-bond acceptors (Lipinski definition) is 2. The molecule has 2 N–H and O–H groups in total. The third-order valence-corrected chi connectivity index (χ3v) is 4.79. The van der Waals surface area contributed by atoms with Crippen LogP contribution in [0.2, 0.25) is 0 Å². The Hall–Kier alpha value is -0.570. The lowest BCUT2D eigenvalue weighted by atomic mass is 9.84. The molecule has 0 heterocycles. The van der Waals surface area contributed by atoms with Gasteiger partial charge in [-0.15, -0.1) is 0 Å². The summed E-state index contributed by atoms with van der Waals surface area (Å²) in [6.07, 6.45) is 10.6. The molecule has 2 rings (SSSR count). The normalized spacial score (nSPS) is 29.4. The highest BCUT2D eigenvalue weighted by molar-refractivity contribution is 5.76. The highest BCUT2D eigenvalue weighted by Gasteiger charge is 2.24. The molecule has 3 nitrogen and oxygen atoms in total. The molecule has 104 valence electrons. The van der Waals surface area contributed by atoms with Crippen molar-refractivity contribution in [2.45, 2.75) is 63.8 Å². The van der Waals surface area contributed by atoms with Crippen molar-refractivity contribution in [2.75, 3.05) is 13.6 Å². The average molecular weight is 252 g/mol. The monoisotopic (exact) mass is 252 g/mol. The van der Waals surface area contributed by atoms with E-state index in [0.717, 1.165) is 44.6 Å². The summed E-state index contributed by atoms with van der Waals surface area (Å²) < 4.78 is 0. The van der Waals surface area contributed by atoms with Crippen LogP contribution >= 0.6 is 0 Å². The van der Waals surface area contributed by atoms with E-state index in [4.69, 9.17) is 5.73 Å². The van der Waals surface area contributed by atoms with Crippen LogP contribution in [0.25, 0.3) is 0 Å². The maximum Gasteiger partial charge on any atom is 0.222 e. The number of carbonyl (C=O) groups is 1. The molecule has 2 fully saturated rings. The van der Waals surface area contributed by atoms with Crippen LogP contribution in [0.15, 0.2) is 0 Å². The standard InChI is InChI=1S/C15H28N2O/c1-17(11-13-4-2-3-5-13)15(18)10-12-6-8-14(16)9-7-12/h12-14H,2-11,16H2,1H3. The fourth-order valence-electron chi connectivity index (χ4n) is 3.48. The number of hydrogen-bond donors (Lipinski definition) is 1. The fraction of sp³-hybridized carbons (Fsp3) is 0.933. The summed E-state index contributed by atoms with van der Waals surface area (Å²) in [6.45, 7) is 0.977. The zero-order valence-corrected chi connectivity index (χ0v) is 11.7. The molecule has 0 spiro atoms. The Morgan fingerprint density at radius 2 is 1.67 bits per heavy atom. The molecule has 1 amide bonds. The van der Waals surface area contributed by atoms with Crippen LogP contribution in [0.4, 0.5) is 0 Å². The van der Waals surface area contributed by atoms with Gasteiger partial charge in [-0.1, -0.05) is 12.8 Å². The van der Waals surface area contributed by atoms with E-state index in [2.05, 4.69) is 0 Å². The van der Waals surface area contributed by atoms with Gasteiger partial charge >= 0.3 is 0 Å². The van der Waals surface area contributed by atoms with E-state index in [0.29, 0.717) is 17.9 Å². The van der Waals surface area contributed by atoms with Crippen LogP contribution in [0.3, 0.4) is 0 Å². The summed E-state index contributed by atoms with van der Waals surface area (Å²) in [5.41, 5.74) is 5.90. The lowest BCUT2D eigenvalue weighted by Crippen LogP contribution is -2.34. The lowest BCUT2D eigenvalue weighted by Gasteiger charge is -2.28. The van der Waals surface area contributed by atoms with E-state index < -0.39 is 0 Å². The molecule has 0 aliphatic heterocycles. The molecule has 0 atom stereocenters. The predicted molar refractivity (Wildman–Crippen MR) is 74.1 cm³/mol. The molecular weight excluding hydrogens is 224 g/mol. The largest absolute Gasteiger partial charge is 0.345 e. The highest BCUT2D eigenvalue weighted by atomic mass is 16.2. The molecule has 0 bridgehead atoms. The number of amides is 1. The molecule has 18 heavy (non-hydrogen) atoms. The van der Waals surface area contributed by atoms with E-state index in [1.165, 1.54) is 25.7 Å². The first-order valence-corrected chi connectivity index (χ1v) is 7.64. The summed E-state index contributed by atoms with van der Waals surface area (Å²) in [7, 11) is 1.98. The molecule has 2 aliphatic rings. The minimum atomic E-state index is 0.349. The van der Waals surface area contributed by atoms with Crippen molar-refractivity contribution in [3.05, 3.63) is 0 Å². The first-order valence-electron chi connectivity index (χ1n) is 7.64. The summed E-state index contributed by atoms with van der Waals surface area (Å²) >= 11 is 0. The van der Waals surface area contributed by atoms with Crippen molar-refractivity contribution in [3.63, 3.8) is 0 Å². The van der Waals surface area contributed by atoms with Crippen molar-refractivity contribution >= 4 is 5.91 Å². The van der Waals surface area contributed by atoms with Gasteiger partial charge in [0.25, 0.3) is 0 Å². The zero-order valence-electron chi connectivity index (χ0n) is 11.7. The third-order valence-electron chi connectivity index (χ3n) is 4.79. The molecule has 0 saturated heterocycles. The van der Waals surface area contributed by atoms with Gasteiger partial charge < -0.3 is 10.6 Å². The Morgan fingerprint density at radius 1 is 1.06 bits per heavy atom. The van der Waals surface area contributed by atoms with Gasteiger partial charge in [-0.05, 0) is 50.4 Å². The summed E-state index contributed by atoms with van der Waals surface area (Å²) in [5, 5.41) is 0. The topological polar surface area (TPSA) is 46.3 Å². The molecule has 0 aromatic rings. The van der Waals surface area contributed by atoms with Crippen molar-refractivity contribution in [1.82, 2.24) is 4.90 Å². The van der Waals surface area contributed by atoms with Crippen molar-refractivity contribution in [1.29, 1.82) is 0 Å². The second-order valence-corrected chi connectivity index (χ2v) is 6.41. The molecule has 0 aromatic carbocycles. The van der Waals surface area contributed by atoms with Gasteiger partial charge in [0.1, 0.15) is 0 Å². The summed E-state index contributed by atoms with van der Waals surface area (Å²) in [4.78, 5) is 14.2. The van der Waals surface area contributed by atoms with E-state index in [1.807, 2.05) is 11.9 Å². The van der Waals surface area contributed by atoms with E-state index >= 15 is 0 Å². The molecule has 0 radical (unpaired) electrons. The SMILES string of the molecule is CN(CC1CCCC1)C(=O)CC1CCC(N)CC1. The van der Waals surface area contributed by atoms with Crippen molar-refractivity contribution < 1.29 is 4.79 Å². The molecule has 2 saturated carbocycles. The highest BCUT2D eigenvalue weighted by Crippen LogP contribution is 2.28. The quantitative estimate of drug-likeness (QED) is 0.835. The van der Waals surface area contributed by atoms with Crippen molar-refractivity contribution in [3.8, 4) is 0 Å². The Kier molecular flexibility index (Phi) is 5.04. The van der Waals surface area contributed by atoms with Gasteiger partial charge in [-0.25, -0.2) is 0 Å². The van der Waals surface area contributed by atoms with Crippen LogP contribution in [0.1, 0.15) is 57.8 Å². The zero-order chi connectivity index (χ0) is 13.0. The van der Waals surface area contributed by atoms with Gasteiger partial charge in [0.15, 0.2) is 0 Å². The minimum absolute atomic E-state index is 0.349. The Bertz CT molecular complexity index is 266. The second kappa shape index (κ2) is 6.55. The molecule has 3 heteroatoms. The predicted octanol–water partition coefficient (Wildman–Crippen LogP) is 2.54. The average Bonchev–Trinajstić information content (AvgIpc) is 2.85. The van der Waals surface area contributed by atoms with Crippen molar-refractivity contribution in [2.24, 2.45) is 17.6 Å². The van der Waals surface area contributed by atoms with Gasteiger partial charge in [-0.2, -0.15) is 0 Å². The van der Waals surface area contributed by atoms with E-state index in [9.17, 15) is 4.79 Å². The summed E-state index contributed by atoms with van der Waals surface area (Å²) in [6, 6.07) is 0.382. The summed E-state index contributed by atoms with van der Waals surface area (Å²) in [5.74, 6) is 1.70. The first kappa shape index (κ1) is 13.9. The second-order valence-electron chi connectivity index (χ2n) is 6.41. The molecule has 0 aromatic heterocycles. The third kappa shape index (κ3) is 3.98.